The maximum atomic E-state index is 10.4. The van der Waals surface area contributed by atoms with Gasteiger partial charge < -0.3 is 5.11 Å². The molecule has 0 aromatic carbocycles. The van der Waals surface area contributed by atoms with Crippen LogP contribution in [0, 0.1) is 6.92 Å². The minimum absolute atomic E-state index is 0.324. The smallest absolute Gasteiger partial charge is 0.346 e. The Morgan fingerprint density at radius 1 is 1.80 bits per heavy atom. The zero-order valence-electron chi connectivity index (χ0n) is 5.22. The van der Waals surface area contributed by atoms with Crippen LogP contribution in [0.5, 0.6) is 0 Å². The first-order valence-electron chi connectivity index (χ1n) is 2.60. The molecule has 0 saturated heterocycles. The lowest BCUT2D eigenvalue weighted by molar-refractivity contribution is 0.0701. The fourth-order valence-electron chi connectivity index (χ4n) is 0.656. The molecule has 0 aliphatic rings. The van der Waals surface area contributed by atoms with Crippen molar-refractivity contribution in [3.05, 3.63) is 20.8 Å². The Kier molecular flexibility index (Phi) is 1.97. The van der Waals surface area contributed by atoms with Crippen LogP contribution < -0.4 is 0 Å². The van der Waals surface area contributed by atoms with Crippen LogP contribution in [0.4, 0.5) is 0 Å². The van der Waals surface area contributed by atoms with Crippen molar-refractivity contribution in [2.45, 2.75) is 6.92 Å². The summed E-state index contributed by atoms with van der Waals surface area (Å²) in [6.07, 6.45) is 0. The number of aromatic carboxylic acids is 1. The highest BCUT2D eigenvalue weighted by atomic mass is 35.5. The molecule has 1 rings (SSSR count). The van der Waals surface area contributed by atoms with Crippen LogP contribution >= 0.6 is 22.9 Å². The first-order chi connectivity index (χ1) is 4.61. The summed E-state index contributed by atoms with van der Waals surface area (Å²) in [4.78, 5) is 10.7. The van der Waals surface area contributed by atoms with Gasteiger partial charge in [-0.1, -0.05) is 11.6 Å². The van der Waals surface area contributed by atoms with Crippen molar-refractivity contribution < 1.29 is 9.90 Å². The quantitative estimate of drug-likeness (QED) is 0.714. The highest BCUT2D eigenvalue weighted by Crippen LogP contribution is 2.25. The largest absolute Gasteiger partial charge is 0.477 e. The molecule has 54 valence electrons. The molecule has 0 aliphatic carbocycles. The first kappa shape index (κ1) is 7.57. The van der Waals surface area contributed by atoms with E-state index in [1.807, 2.05) is 0 Å². The van der Waals surface area contributed by atoms with Crippen LogP contribution in [0.25, 0.3) is 0 Å². The highest BCUT2D eigenvalue weighted by molar-refractivity contribution is 7.18. The van der Waals surface area contributed by atoms with E-state index in [9.17, 15) is 4.79 Å². The van der Waals surface area contributed by atoms with Gasteiger partial charge in [-0.3, -0.25) is 0 Å². The molecule has 2 nitrogen and oxygen atoms in total. The number of hydrogen-bond donors (Lipinski definition) is 1. The summed E-state index contributed by atoms with van der Waals surface area (Å²) in [5.41, 5.74) is 0.725. The Morgan fingerprint density at radius 2 is 2.40 bits per heavy atom. The topological polar surface area (TPSA) is 37.3 Å². The first-order valence-corrected chi connectivity index (χ1v) is 3.80. The monoisotopic (exact) mass is 176 g/mol. The zero-order valence-corrected chi connectivity index (χ0v) is 6.79. The third-order valence-electron chi connectivity index (χ3n) is 1.08. The van der Waals surface area contributed by atoms with Gasteiger partial charge in [0.2, 0.25) is 0 Å². The van der Waals surface area contributed by atoms with Crippen molar-refractivity contribution in [3.8, 4) is 0 Å². The van der Waals surface area contributed by atoms with E-state index in [2.05, 4.69) is 0 Å². The molecule has 0 unspecified atom stereocenters. The Labute approximate surface area is 67.1 Å². The van der Waals surface area contributed by atoms with E-state index in [0.717, 1.165) is 16.9 Å². The molecular formula is C6H5ClO2S. The molecule has 0 amide bonds. The number of aryl methyl sites for hydroxylation is 1. The van der Waals surface area contributed by atoms with Crippen LogP contribution in [0.3, 0.4) is 0 Å². The Bertz CT molecular complexity index is 267. The summed E-state index contributed by atoms with van der Waals surface area (Å²) in [5.74, 6) is -0.908. The number of halogens is 1. The maximum absolute atomic E-state index is 10.4. The van der Waals surface area contributed by atoms with Crippen molar-refractivity contribution >= 4 is 28.9 Å². The van der Waals surface area contributed by atoms with Gasteiger partial charge in [-0.15, -0.1) is 11.3 Å². The minimum Gasteiger partial charge on any atom is -0.477 e. The number of carbonyl (C=O) groups is 1. The third-order valence-corrected chi connectivity index (χ3v) is 2.44. The summed E-state index contributed by atoms with van der Waals surface area (Å²) in [6, 6.07) is 1.65. The van der Waals surface area contributed by atoms with Gasteiger partial charge in [0.1, 0.15) is 4.88 Å². The van der Waals surface area contributed by atoms with Gasteiger partial charge in [-0.25, -0.2) is 4.79 Å². The molecular weight excluding hydrogens is 172 g/mol. The standard InChI is InChI=1S/C6H5ClO2S/c1-3-2-4(7)10-5(3)6(8)9/h2H,1H3,(H,8,9). The number of hydrogen-bond acceptors (Lipinski definition) is 2. The lowest BCUT2D eigenvalue weighted by Crippen LogP contribution is -1.93. The molecule has 0 bridgehead atoms. The van der Waals surface area contributed by atoms with E-state index < -0.39 is 5.97 Å². The molecule has 4 heteroatoms. The molecule has 1 heterocycles. The molecule has 1 aromatic heterocycles. The van der Waals surface area contributed by atoms with Crippen LogP contribution in [0.15, 0.2) is 6.07 Å². The molecule has 1 N–H and O–H groups in total. The van der Waals surface area contributed by atoms with Gasteiger partial charge in [-0.05, 0) is 18.6 Å². The molecule has 0 radical (unpaired) electrons. The fourth-order valence-corrected chi connectivity index (χ4v) is 1.79. The van der Waals surface area contributed by atoms with Gasteiger partial charge in [-0.2, -0.15) is 0 Å². The van der Waals surface area contributed by atoms with Crippen molar-refractivity contribution in [3.63, 3.8) is 0 Å². The van der Waals surface area contributed by atoms with E-state index in [0.29, 0.717) is 9.21 Å². The molecule has 0 atom stereocenters. The van der Waals surface area contributed by atoms with Crippen molar-refractivity contribution in [1.29, 1.82) is 0 Å². The lowest BCUT2D eigenvalue weighted by atomic mass is 10.3. The third kappa shape index (κ3) is 1.30. The summed E-state index contributed by atoms with van der Waals surface area (Å²) in [6.45, 7) is 1.73. The second-order valence-corrected chi connectivity index (χ2v) is 3.55. The van der Waals surface area contributed by atoms with Gasteiger partial charge in [0, 0.05) is 0 Å². The van der Waals surface area contributed by atoms with Gasteiger partial charge in [0.15, 0.2) is 0 Å². The summed E-state index contributed by atoms with van der Waals surface area (Å²) < 4.78 is 0.523. The molecule has 10 heavy (non-hydrogen) atoms. The van der Waals surface area contributed by atoms with Crippen LogP contribution in [0.1, 0.15) is 15.2 Å². The Balaban J connectivity index is 3.15. The van der Waals surface area contributed by atoms with Gasteiger partial charge in [0.05, 0.1) is 4.34 Å². The number of thiophene rings is 1. The van der Waals surface area contributed by atoms with E-state index in [1.165, 1.54) is 0 Å². The van der Waals surface area contributed by atoms with E-state index in [-0.39, 0.29) is 0 Å². The summed E-state index contributed by atoms with van der Waals surface area (Å²) in [5, 5.41) is 8.53. The molecule has 0 spiro atoms. The number of carboxylic acid groups (broad SMARTS) is 1. The van der Waals surface area contributed by atoms with Crippen molar-refractivity contribution in [2.75, 3.05) is 0 Å². The molecule has 0 saturated carbocycles. The fraction of sp³-hybridized carbons (Fsp3) is 0.167. The van der Waals surface area contributed by atoms with E-state index >= 15 is 0 Å². The molecule has 0 aliphatic heterocycles. The van der Waals surface area contributed by atoms with Crippen LogP contribution in [-0.2, 0) is 0 Å². The second kappa shape index (κ2) is 2.60. The van der Waals surface area contributed by atoms with E-state index in [1.54, 1.807) is 13.0 Å². The van der Waals surface area contributed by atoms with Crippen LogP contribution in [-0.4, -0.2) is 11.1 Å². The Morgan fingerprint density at radius 3 is 2.60 bits per heavy atom. The average Bonchev–Trinajstić information content (AvgIpc) is 2.10. The molecule has 0 fully saturated rings. The maximum Gasteiger partial charge on any atom is 0.346 e. The number of carboxylic acids is 1. The second-order valence-electron chi connectivity index (χ2n) is 1.87. The van der Waals surface area contributed by atoms with Crippen molar-refractivity contribution in [1.82, 2.24) is 0 Å². The normalized spacial score (nSPS) is 9.80. The SMILES string of the molecule is Cc1cc(Cl)sc1C(=O)O. The van der Waals surface area contributed by atoms with E-state index in [4.69, 9.17) is 16.7 Å². The number of rotatable bonds is 1. The zero-order chi connectivity index (χ0) is 7.72. The lowest BCUT2D eigenvalue weighted by Gasteiger charge is -1.86. The predicted molar refractivity (Wildman–Crippen MR) is 41.0 cm³/mol. The van der Waals surface area contributed by atoms with Gasteiger partial charge in [0.25, 0.3) is 0 Å². The van der Waals surface area contributed by atoms with Crippen LogP contribution in [0.2, 0.25) is 4.34 Å². The van der Waals surface area contributed by atoms with Gasteiger partial charge >= 0.3 is 5.97 Å². The van der Waals surface area contributed by atoms with Crippen molar-refractivity contribution in [2.24, 2.45) is 0 Å². The summed E-state index contributed by atoms with van der Waals surface area (Å²) in [7, 11) is 0. The average molecular weight is 177 g/mol. The Hall–Kier alpha value is -0.540. The molecule has 1 aromatic rings. The summed E-state index contributed by atoms with van der Waals surface area (Å²) >= 11 is 6.65. The highest BCUT2D eigenvalue weighted by Gasteiger charge is 2.09. The minimum atomic E-state index is -0.908. The predicted octanol–water partition coefficient (Wildman–Crippen LogP) is 2.41.